The summed E-state index contributed by atoms with van der Waals surface area (Å²) in [6.45, 7) is 1.49. The van der Waals surface area contributed by atoms with Gasteiger partial charge in [-0.2, -0.15) is 0 Å². The second-order valence-electron chi connectivity index (χ2n) is 5.11. The molecule has 0 amide bonds. The highest BCUT2D eigenvalue weighted by atomic mass is 35.5. The maximum Gasteiger partial charge on any atom is 0.266 e. The predicted molar refractivity (Wildman–Crippen MR) is 92.7 cm³/mol. The summed E-state index contributed by atoms with van der Waals surface area (Å²) in [6, 6.07) is 13.7. The number of benzene rings is 2. The topological polar surface area (TPSA) is 75.0 Å². The van der Waals surface area contributed by atoms with E-state index in [1.54, 1.807) is 48.5 Å². The lowest BCUT2D eigenvalue weighted by Gasteiger charge is -2.17. The van der Waals surface area contributed by atoms with Crippen LogP contribution in [0.15, 0.2) is 58.5 Å². The van der Waals surface area contributed by atoms with E-state index >= 15 is 0 Å². The van der Waals surface area contributed by atoms with Crippen molar-refractivity contribution in [3.05, 3.63) is 63.9 Å². The number of rotatable bonds is 4. The molecule has 0 aliphatic rings. The van der Waals surface area contributed by atoms with Gasteiger partial charge in [0, 0.05) is 10.3 Å². The van der Waals surface area contributed by atoms with Crippen LogP contribution in [-0.4, -0.2) is 20.8 Å². The molecule has 3 rings (SSSR count). The zero-order chi connectivity index (χ0) is 17.3. The maximum absolute atomic E-state index is 12.9. The zero-order valence-electron chi connectivity index (χ0n) is 12.6. The SMILES string of the molecule is C[C@@H](Sc1nc2ccccc2c(=O)n1-c1cccc(Cl)c1)C(=O)[O-]. The molecule has 0 aliphatic carbocycles. The minimum Gasteiger partial charge on any atom is -0.549 e. The summed E-state index contributed by atoms with van der Waals surface area (Å²) >= 11 is 6.98. The van der Waals surface area contributed by atoms with Gasteiger partial charge in [-0.1, -0.05) is 41.6 Å². The summed E-state index contributed by atoms with van der Waals surface area (Å²) in [6.07, 6.45) is 0. The number of carbonyl (C=O) groups is 1. The van der Waals surface area contributed by atoms with Crippen molar-refractivity contribution in [1.29, 1.82) is 0 Å². The first kappa shape index (κ1) is 16.5. The van der Waals surface area contributed by atoms with Crippen LogP contribution >= 0.6 is 23.4 Å². The van der Waals surface area contributed by atoms with Crippen LogP contribution in [0.2, 0.25) is 5.02 Å². The summed E-state index contributed by atoms with van der Waals surface area (Å²) in [5, 5.41) is 11.4. The van der Waals surface area contributed by atoms with Gasteiger partial charge in [-0.3, -0.25) is 9.36 Å². The van der Waals surface area contributed by atoms with E-state index in [0.717, 1.165) is 11.8 Å². The van der Waals surface area contributed by atoms with Gasteiger partial charge in [0.1, 0.15) is 0 Å². The van der Waals surface area contributed by atoms with Gasteiger partial charge in [0.15, 0.2) is 5.16 Å². The van der Waals surface area contributed by atoms with Crippen LogP contribution in [0.25, 0.3) is 16.6 Å². The third-order valence-electron chi connectivity index (χ3n) is 3.43. The molecule has 3 aromatic rings. The number of carbonyl (C=O) groups excluding carboxylic acids is 1. The van der Waals surface area contributed by atoms with Crippen molar-refractivity contribution in [2.75, 3.05) is 0 Å². The van der Waals surface area contributed by atoms with Gasteiger partial charge in [-0.15, -0.1) is 0 Å². The fourth-order valence-corrected chi connectivity index (χ4v) is 3.28. The number of aliphatic carboxylic acids is 1. The van der Waals surface area contributed by atoms with Gasteiger partial charge in [-0.25, -0.2) is 4.98 Å². The van der Waals surface area contributed by atoms with Crippen LogP contribution in [0.1, 0.15) is 6.92 Å². The van der Waals surface area contributed by atoms with Crippen LogP contribution < -0.4 is 10.7 Å². The molecule has 0 unspecified atom stereocenters. The normalized spacial score (nSPS) is 12.2. The van der Waals surface area contributed by atoms with Gasteiger partial charge in [0.2, 0.25) is 0 Å². The molecule has 24 heavy (non-hydrogen) atoms. The van der Waals surface area contributed by atoms with Crippen LogP contribution in [0.3, 0.4) is 0 Å². The molecule has 0 N–H and O–H groups in total. The molecule has 0 fully saturated rings. The summed E-state index contributed by atoms with van der Waals surface area (Å²) < 4.78 is 1.37. The number of aromatic nitrogens is 2. The van der Waals surface area contributed by atoms with E-state index in [0.29, 0.717) is 21.6 Å². The van der Waals surface area contributed by atoms with E-state index in [2.05, 4.69) is 4.98 Å². The fraction of sp³-hybridized carbons (Fsp3) is 0.118. The van der Waals surface area contributed by atoms with Crippen molar-refractivity contribution >= 4 is 40.2 Å². The molecule has 1 heterocycles. The summed E-state index contributed by atoms with van der Waals surface area (Å²) in [5.41, 5.74) is 0.753. The highest BCUT2D eigenvalue weighted by Crippen LogP contribution is 2.25. The first-order valence-electron chi connectivity index (χ1n) is 7.12. The number of nitrogens with zero attached hydrogens (tertiary/aromatic N) is 2. The molecule has 0 spiro atoms. The van der Waals surface area contributed by atoms with Crippen LogP contribution in [0.4, 0.5) is 0 Å². The second kappa shape index (κ2) is 6.67. The number of para-hydroxylation sites is 1. The molecule has 0 saturated carbocycles. The minimum absolute atomic E-state index is 0.276. The third-order valence-corrected chi connectivity index (χ3v) is 4.69. The quantitative estimate of drug-likeness (QED) is 0.527. The van der Waals surface area contributed by atoms with Gasteiger partial charge in [0.05, 0.1) is 22.6 Å². The van der Waals surface area contributed by atoms with Crippen LogP contribution in [0.5, 0.6) is 0 Å². The summed E-state index contributed by atoms with van der Waals surface area (Å²) in [7, 11) is 0. The van der Waals surface area contributed by atoms with Gasteiger partial charge in [0.25, 0.3) is 5.56 Å². The Morgan fingerprint density at radius 2 is 2.00 bits per heavy atom. The molecule has 0 aliphatic heterocycles. The first-order chi connectivity index (χ1) is 11.5. The smallest absolute Gasteiger partial charge is 0.266 e. The molecule has 7 heteroatoms. The number of carboxylic acid groups (broad SMARTS) is 1. The highest BCUT2D eigenvalue weighted by Gasteiger charge is 2.16. The summed E-state index contributed by atoms with van der Waals surface area (Å²) in [4.78, 5) is 28.5. The summed E-state index contributed by atoms with van der Waals surface area (Å²) in [5.74, 6) is -1.22. The van der Waals surface area contributed by atoms with Crippen molar-refractivity contribution in [3.8, 4) is 5.69 Å². The van der Waals surface area contributed by atoms with Crippen molar-refractivity contribution in [1.82, 2.24) is 9.55 Å². The van der Waals surface area contributed by atoms with E-state index in [-0.39, 0.29) is 10.7 Å². The molecular formula is C17H12ClN2O3S-. The maximum atomic E-state index is 12.9. The number of thioether (sulfide) groups is 1. The lowest BCUT2D eigenvalue weighted by atomic mass is 10.2. The monoisotopic (exact) mass is 359 g/mol. The average Bonchev–Trinajstić information content (AvgIpc) is 2.55. The van der Waals surface area contributed by atoms with Gasteiger partial charge >= 0.3 is 0 Å². The van der Waals surface area contributed by atoms with E-state index < -0.39 is 11.2 Å². The van der Waals surface area contributed by atoms with E-state index in [4.69, 9.17) is 11.6 Å². The highest BCUT2D eigenvalue weighted by molar-refractivity contribution is 8.00. The lowest BCUT2D eigenvalue weighted by molar-refractivity contribution is -0.304. The Labute approximate surface area is 146 Å². The molecule has 2 aromatic carbocycles. The van der Waals surface area contributed by atoms with Gasteiger partial charge in [-0.05, 0) is 37.3 Å². The number of fused-ring (bicyclic) bond motifs is 1. The largest absolute Gasteiger partial charge is 0.549 e. The number of carboxylic acids is 1. The Morgan fingerprint density at radius 1 is 1.25 bits per heavy atom. The van der Waals surface area contributed by atoms with E-state index in [1.807, 2.05) is 0 Å². The Balaban J connectivity index is 2.29. The molecule has 0 radical (unpaired) electrons. The zero-order valence-corrected chi connectivity index (χ0v) is 14.2. The lowest BCUT2D eigenvalue weighted by Crippen LogP contribution is -2.32. The first-order valence-corrected chi connectivity index (χ1v) is 8.38. The fourth-order valence-electron chi connectivity index (χ4n) is 2.24. The predicted octanol–water partition coefficient (Wildman–Crippen LogP) is 2.27. The van der Waals surface area contributed by atoms with E-state index in [1.165, 1.54) is 11.5 Å². The van der Waals surface area contributed by atoms with Crippen molar-refractivity contribution < 1.29 is 9.90 Å². The molecule has 1 atom stereocenters. The van der Waals surface area contributed by atoms with Crippen molar-refractivity contribution in [2.45, 2.75) is 17.3 Å². The Bertz CT molecular complexity index is 987. The van der Waals surface area contributed by atoms with Crippen LogP contribution in [-0.2, 0) is 4.79 Å². The Kier molecular flexibility index (Phi) is 4.59. The Hall–Kier alpha value is -2.31. The van der Waals surface area contributed by atoms with Gasteiger partial charge < -0.3 is 9.90 Å². The molecule has 0 saturated heterocycles. The Morgan fingerprint density at radius 3 is 2.71 bits per heavy atom. The van der Waals surface area contributed by atoms with Crippen LogP contribution in [0, 0.1) is 0 Å². The third kappa shape index (κ3) is 3.16. The second-order valence-corrected chi connectivity index (χ2v) is 6.86. The molecule has 5 nitrogen and oxygen atoms in total. The van der Waals surface area contributed by atoms with E-state index in [9.17, 15) is 14.7 Å². The standard InChI is InChI=1S/C17H13ClN2O3S/c1-10(16(22)23)24-17-19-14-8-3-2-7-13(14)15(21)20(17)12-6-4-5-11(18)9-12/h2-10H,1H3,(H,22,23)/p-1/t10-/m1/s1. The number of hydrogen-bond donors (Lipinski definition) is 0. The molecule has 0 bridgehead atoms. The molecular weight excluding hydrogens is 348 g/mol. The number of hydrogen-bond acceptors (Lipinski definition) is 5. The molecule has 1 aromatic heterocycles. The number of halogens is 1. The minimum atomic E-state index is -1.22. The average molecular weight is 360 g/mol. The van der Waals surface area contributed by atoms with Crippen molar-refractivity contribution in [3.63, 3.8) is 0 Å². The van der Waals surface area contributed by atoms with Crippen molar-refractivity contribution in [2.24, 2.45) is 0 Å². The molecule has 122 valence electrons.